The van der Waals surface area contributed by atoms with Crippen LogP contribution in [0.15, 0.2) is 24.3 Å². The fourth-order valence-electron chi connectivity index (χ4n) is 2.06. The number of halogens is 2. The maximum atomic E-state index is 13.1. The molecule has 1 heterocycles. The van der Waals surface area contributed by atoms with Crippen molar-refractivity contribution >= 4 is 12.4 Å². The average Bonchev–Trinajstić information content (AvgIpc) is 2.29. The molecule has 90 valence electrons. The number of alkyl halides is 1. The average molecular weight is 245 g/mol. The highest BCUT2D eigenvalue weighted by atomic mass is 35.5. The zero-order valence-electron chi connectivity index (χ0n) is 9.23. The van der Waals surface area contributed by atoms with Gasteiger partial charge in [-0.3, -0.25) is 4.90 Å². The monoisotopic (exact) mass is 244 g/mol. The van der Waals surface area contributed by atoms with Gasteiger partial charge in [-0.2, -0.15) is 0 Å². The Morgan fingerprint density at radius 1 is 1.31 bits per heavy atom. The molecule has 1 atom stereocenters. The normalized spacial score (nSPS) is 17.4. The van der Waals surface area contributed by atoms with Crippen LogP contribution < -0.4 is 5.73 Å². The summed E-state index contributed by atoms with van der Waals surface area (Å²) < 4.78 is 13.1. The van der Waals surface area contributed by atoms with Gasteiger partial charge in [0.2, 0.25) is 0 Å². The van der Waals surface area contributed by atoms with E-state index in [2.05, 4.69) is 23.1 Å². The van der Waals surface area contributed by atoms with Crippen LogP contribution in [-0.4, -0.2) is 30.7 Å². The van der Waals surface area contributed by atoms with Crippen LogP contribution >= 0.6 is 12.4 Å². The van der Waals surface area contributed by atoms with Gasteiger partial charge in [-0.05, 0) is 17.5 Å². The van der Waals surface area contributed by atoms with Gasteiger partial charge in [0.25, 0.3) is 0 Å². The van der Waals surface area contributed by atoms with Crippen LogP contribution in [0.2, 0.25) is 0 Å². The van der Waals surface area contributed by atoms with E-state index >= 15 is 0 Å². The Kier molecular flexibility index (Phi) is 5.19. The van der Waals surface area contributed by atoms with Crippen molar-refractivity contribution in [2.75, 3.05) is 19.6 Å². The fraction of sp³-hybridized carbons (Fsp3) is 0.500. The van der Waals surface area contributed by atoms with Gasteiger partial charge in [0.05, 0.1) is 0 Å². The lowest BCUT2D eigenvalue weighted by Gasteiger charge is -2.29. The Morgan fingerprint density at radius 3 is 2.69 bits per heavy atom. The Bertz CT molecular complexity index is 333. The molecule has 0 saturated heterocycles. The Hall–Kier alpha value is -0.640. The van der Waals surface area contributed by atoms with Gasteiger partial charge in [0, 0.05) is 26.2 Å². The summed E-state index contributed by atoms with van der Waals surface area (Å²) in [6.45, 7) is 2.39. The van der Waals surface area contributed by atoms with Gasteiger partial charge in [-0.25, -0.2) is 4.39 Å². The maximum absolute atomic E-state index is 13.1. The standard InChI is InChI=1S/C12H17FN2.ClH/c13-12(7-14)9-15-6-5-10-3-1-2-4-11(10)8-15;/h1-4,12H,5-9,14H2;1H. The van der Waals surface area contributed by atoms with E-state index in [-0.39, 0.29) is 19.0 Å². The number of nitrogens with two attached hydrogens (primary N) is 1. The van der Waals surface area contributed by atoms with Gasteiger partial charge < -0.3 is 5.73 Å². The molecule has 1 aromatic rings. The third kappa shape index (κ3) is 3.17. The third-order valence-corrected chi connectivity index (χ3v) is 2.92. The molecule has 2 nitrogen and oxygen atoms in total. The van der Waals surface area contributed by atoms with Gasteiger partial charge in [0.15, 0.2) is 0 Å². The topological polar surface area (TPSA) is 29.3 Å². The van der Waals surface area contributed by atoms with E-state index in [1.54, 1.807) is 0 Å². The molecule has 2 N–H and O–H groups in total. The van der Waals surface area contributed by atoms with E-state index in [4.69, 9.17) is 5.73 Å². The van der Waals surface area contributed by atoms with E-state index in [9.17, 15) is 4.39 Å². The number of hydrogen-bond acceptors (Lipinski definition) is 2. The van der Waals surface area contributed by atoms with Crippen molar-refractivity contribution in [3.63, 3.8) is 0 Å². The molecule has 0 aliphatic carbocycles. The Balaban J connectivity index is 0.00000128. The number of fused-ring (bicyclic) bond motifs is 1. The highest BCUT2D eigenvalue weighted by molar-refractivity contribution is 5.85. The molecule has 0 radical (unpaired) electrons. The molecular weight excluding hydrogens is 227 g/mol. The van der Waals surface area contributed by atoms with Crippen molar-refractivity contribution in [1.29, 1.82) is 0 Å². The molecule has 16 heavy (non-hydrogen) atoms. The van der Waals surface area contributed by atoms with Crippen LogP contribution in [-0.2, 0) is 13.0 Å². The molecule has 2 rings (SSSR count). The molecule has 0 bridgehead atoms. The summed E-state index contributed by atoms with van der Waals surface area (Å²) in [5, 5.41) is 0. The van der Waals surface area contributed by atoms with Crippen LogP contribution in [0.3, 0.4) is 0 Å². The van der Waals surface area contributed by atoms with Gasteiger partial charge in [-0.1, -0.05) is 24.3 Å². The lowest BCUT2D eigenvalue weighted by atomic mass is 10.00. The van der Waals surface area contributed by atoms with Crippen molar-refractivity contribution < 1.29 is 4.39 Å². The van der Waals surface area contributed by atoms with E-state index in [1.807, 2.05) is 6.07 Å². The van der Waals surface area contributed by atoms with Crippen LogP contribution in [0.5, 0.6) is 0 Å². The minimum absolute atomic E-state index is 0. The summed E-state index contributed by atoms with van der Waals surface area (Å²) in [7, 11) is 0. The summed E-state index contributed by atoms with van der Waals surface area (Å²) in [6.07, 6.45) is 0.128. The lowest BCUT2D eigenvalue weighted by molar-refractivity contribution is 0.182. The van der Waals surface area contributed by atoms with Crippen LogP contribution in [0.25, 0.3) is 0 Å². The van der Waals surface area contributed by atoms with Crippen LogP contribution in [0.4, 0.5) is 4.39 Å². The van der Waals surface area contributed by atoms with E-state index in [0.29, 0.717) is 6.54 Å². The molecule has 1 unspecified atom stereocenters. The summed E-state index contributed by atoms with van der Waals surface area (Å²) in [4.78, 5) is 2.14. The summed E-state index contributed by atoms with van der Waals surface area (Å²) in [5.74, 6) is 0. The molecule has 0 aromatic heterocycles. The largest absolute Gasteiger partial charge is 0.328 e. The van der Waals surface area contributed by atoms with Gasteiger partial charge >= 0.3 is 0 Å². The zero-order valence-corrected chi connectivity index (χ0v) is 10.0. The number of hydrogen-bond donors (Lipinski definition) is 1. The predicted octanol–water partition coefficient (Wildman–Crippen LogP) is 1.76. The van der Waals surface area contributed by atoms with Crippen molar-refractivity contribution in [1.82, 2.24) is 4.90 Å². The number of benzene rings is 1. The minimum atomic E-state index is -0.893. The second-order valence-electron chi connectivity index (χ2n) is 4.09. The van der Waals surface area contributed by atoms with Crippen molar-refractivity contribution in [2.24, 2.45) is 5.73 Å². The second-order valence-corrected chi connectivity index (χ2v) is 4.09. The Morgan fingerprint density at radius 2 is 2.00 bits per heavy atom. The number of rotatable bonds is 3. The molecule has 0 saturated carbocycles. The van der Waals surface area contributed by atoms with Crippen molar-refractivity contribution in [2.45, 2.75) is 19.1 Å². The first-order valence-electron chi connectivity index (χ1n) is 5.43. The molecule has 0 spiro atoms. The van der Waals surface area contributed by atoms with Crippen LogP contribution in [0.1, 0.15) is 11.1 Å². The summed E-state index contributed by atoms with van der Waals surface area (Å²) in [5.41, 5.74) is 8.01. The molecular formula is C12H18ClFN2. The number of nitrogens with zero attached hydrogens (tertiary/aromatic N) is 1. The first-order valence-corrected chi connectivity index (χ1v) is 5.43. The minimum Gasteiger partial charge on any atom is -0.328 e. The van der Waals surface area contributed by atoms with Gasteiger partial charge in [0.1, 0.15) is 6.17 Å². The van der Waals surface area contributed by atoms with E-state index < -0.39 is 6.17 Å². The zero-order chi connectivity index (χ0) is 10.7. The maximum Gasteiger partial charge on any atom is 0.125 e. The smallest absolute Gasteiger partial charge is 0.125 e. The molecule has 0 fully saturated rings. The molecule has 0 amide bonds. The quantitative estimate of drug-likeness (QED) is 0.878. The summed E-state index contributed by atoms with van der Waals surface area (Å²) >= 11 is 0. The van der Waals surface area contributed by atoms with E-state index in [1.165, 1.54) is 11.1 Å². The van der Waals surface area contributed by atoms with Crippen molar-refractivity contribution in [3.05, 3.63) is 35.4 Å². The first kappa shape index (κ1) is 13.4. The highest BCUT2D eigenvalue weighted by Crippen LogP contribution is 2.18. The third-order valence-electron chi connectivity index (χ3n) is 2.92. The summed E-state index contributed by atoms with van der Waals surface area (Å²) in [6, 6.07) is 8.38. The Labute approximate surface area is 102 Å². The molecule has 1 aliphatic rings. The van der Waals surface area contributed by atoms with Crippen LogP contribution in [0, 0.1) is 0 Å². The lowest BCUT2D eigenvalue weighted by Crippen LogP contribution is -2.37. The van der Waals surface area contributed by atoms with Gasteiger partial charge in [-0.15, -0.1) is 12.4 Å². The molecule has 4 heteroatoms. The van der Waals surface area contributed by atoms with Crippen molar-refractivity contribution in [3.8, 4) is 0 Å². The first-order chi connectivity index (χ1) is 7.29. The molecule has 1 aromatic carbocycles. The molecule has 1 aliphatic heterocycles. The fourth-order valence-corrected chi connectivity index (χ4v) is 2.06. The predicted molar refractivity (Wildman–Crippen MR) is 66.6 cm³/mol. The second kappa shape index (κ2) is 6.18. The SMILES string of the molecule is Cl.NCC(F)CN1CCc2ccccc2C1. The van der Waals surface area contributed by atoms with E-state index in [0.717, 1.165) is 19.5 Å². The highest BCUT2D eigenvalue weighted by Gasteiger charge is 2.18.